The van der Waals surface area contributed by atoms with Gasteiger partial charge in [0.1, 0.15) is 0 Å². The lowest BCUT2D eigenvalue weighted by Gasteiger charge is -2.36. The summed E-state index contributed by atoms with van der Waals surface area (Å²) in [6.45, 7) is 7.26. The molecule has 1 unspecified atom stereocenters. The van der Waals surface area contributed by atoms with Gasteiger partial charge in [0.15, 0.2) is 0 Å². The van der Waals surface area contributed by atoms with E-state index in [4.69, 9.17) is 5.11 Å². The van der Waals surface area contributed by atoms with Crippen molar-refractivity contribution >= 4 is 5.91 Å². The lowest BCUT2D eigenvalue weighted by atomic mass is 10.00. The Labute approximate surface area is 111 Å². The fraction of sp³-hybridized carbons (Fsp3) is 0.929. The maximum absolute atomic E-state index is 12.3. The summed E-state index contributed by atoms with van der Waals surface area (Å²) in [6, 6.07) is 0.434. The first-order valence-corrected chi connectivity index (χ1v) is 7.35. The van der Waals surface area contributed by atoms with Crippen LogP contribution in [-0.4, -0.2) is 59.6 Å². The SMILES string of the molecule is CCCN(CCO)CC(=O)N1CCCCC1CC. The smallest absolute Gasteiger partial charge is 0.236 e. The van der Waals surface area contributed by atoms with Crippen molar-refractivity contribution in [2.24, 2.45) is 0 Å². The molecule has 1 saturated heterocycles. The summed E-state index contributed by atoms with van der Waals surface area (Å²) in [7, 11) is 0. The van der Waals surface area contributed by atoms with Gasteiger partial charge in [0.2, 0.25) is 5.91 Å². The first-order valence-electron chi connectivity index (χ1n) is 7.35. The number of nitrogens with zero attached hydrogens (tertiary/aromatic N) is 2. The largest absolute Gasteiger partial charge is 0.395 e. The highest BCUT2D eigenvalue weighted by Crippen LogP contribution is 2.19. The highest BCUT2D eigenvalue weighted by Gasteiger charge is 2.26. The zero-order valence-electron chi connectivity index (χ0n) is 11.9. The Balaban J connectivity index is 2.50. The number of amides is 1. The van der Waals surface area contributed by atoms with Crippen LogP contribution in [0.5, 0.6) is 0 Å². The van der Waals surface area contributed by atoms with Gasteiger partial charge in [0.05, 0.1) is 13.2 Å². The van der Waals surface area contributed by atoms with Crippen LogP contribution in [0.1, 0.15) is 46.0 Å². The second-order valence-corrected chi connectivity index (χ2v) is 5.14. The molecule has 0 aromatic rings. The second-order valence-electron chi connectivity index (χ2n) is 5.14. The molecule has 0 radical (unpaired) electrons. The lowest BCUT2D eigenvalue weighted by molar-refractivity contribution is -0.136. The monoisotopic (exact) mass is 256 g/mol. The predicted molar refractivity (Wildman–Crippen MR) is 73.5 cm³/mol. The number of hydrogen-bond acceptors (Lipinski definition) is 3. The Morgan fingerprint density at radius 2 is 2.11 bits per heavy atom. The number of aliphatic hydroxyl groups excluding tert-OH is 1. The summed E-state index contributed by atoms with van der Waals surface area (Å²) in [6.07, 6.45) is 5.60. The van der Waals surface area contributed by atoms with Crippen LogP contribution in [-0.2, 0) is 4.79 Å². The van der Waals surface area contributed by atoms with Gasteiger partial charge >= 0.3 is 0 Å². The molecule has 0 bridgehead atoms. The van der Waals surface area contributed by atoms with Gasteiger partial charge in [0.25, 0.3) is 0 Å². The molecule has 0 aliphatic carbocycles. The second kappa shape index (κ2) is 8.48. The van der Waals surface area contributed by atoms with Crippen molar-refractivity contribution < 1.29 is 9.90 Å². The van der Waals surface area contributed by atoms with Crippen molar-refractivity contribution in [2.45, 2.75) is 52.0 Å². The van der Waals surface area contributed by atoms with Crippen LogP contribution in [0.15, 0.2) is 0 Å². The molecular weight excluding hydrogens is 228 g/mol. The zero-order chi connectivity index (χ0) is 13.4. The lowest BCUT2D eigenvalue weighted by Crippen LogP contribution is -2.48. The molecule has 1 amide bonds. The van der Waals surface area contributed by atoms with Crippen LogP contribution >= 0.6 is 0 Å². The predicted octanol–water partition coefficient (Wildman–Crippen LogP) is 1.48. The average molecular weight is 256 g/mol. The van der Waals surface area contributed by atoms with E-state index in [1.807, 2.05) is 0 Å². The molecule has 1 rings (SSSR count). The van der Waals surface area contributed by atoms with E-state index in [-0.39, 0.29) is 12.5 Å². The van der Waals surface area contributed by atoms with Crippen LogP contribution in [0.4, 0.5) is 0 Å². The van der Waals surface area contributed by atoms with Gasteiger partial charge in [-0.15, -0.1) is 0 Å². The zero-order valence-corrected chi connectivity index (χ0v) is 11.9. The molecule has 4 heteroatoms. The summed E-state index contributed by atoms with van der Waals surface area (Å²) in [5.74, 6) is 0.239. The molecule has 1 atom stereocenters. The molecule has 1 aliphatic rings. The minimum Gasteiger partial charge on any atom is -0.395 e. The van der Waals surface area contributed by atoms with Crippen molar-refractivity contribution in [2.75, 3.05) is 32.8 Å². The number of hydrogen-bond donors (Lipinski definition) is 1. The van der Waals surface area contributed by atoms with Gasteiger partial charge in [0, 0.05) is 19.1 Å². The molecule has 1 fully saturated rings. The quantitative estimate of drug-likeness (QED) is 0.750. The van der Waals surface area contributed by atoms with E-state index in [0.29, 0.717) is 19.1 Å². The third-order valence-corrected chi connectivity index (χ3v) is 3.73. The number of carbonyl (C=O) groups excluding carboxylic acids is 1. The maximum Gasteiger partial charge on any atom is 0.236 e. The van der Waals surface area contributed by atoms with Gasteiger partial charge in [-0.05, 0) is 38.6 Å². The first-order chi connectivity index (χ1) is 8.72. The van der Waals surface area contributed by atoms with E-state index in [1.54, 1.807) is 0 Å². The summed E-state index contributed by atoms with van der Waals surface area (Å²) in [5, 5.41) is 9.02. The van der Waals surface area contributed by atoms with Gasteiger partial charge in [-0.2, -0.15) is 0 Å². The fourth-order valence-electron chi connectivity index (χ4n) is 2.76. The maximum atomic E-state index is 12.3. The Bertz CT molecular complexity index is 240. The molecule has 18 heavy (non-hydrogen) atoms. The van der Waals surface area contributed by atoms with Gasteiger partial charge in [-0.25, -0.2) is 0 Å². The topological polar surface area (TPSA) is 43.8 Å². The van der Waals surface area contributed by atoms with E-state index < -0.39 is 0 Å². The highest BCUT2D eigenvalue weighted by atomic mass is 16.3. The Hall–Kier alpha value is -0.610. The fourth-order valence-corrected chi connectivity index (χ4v) is 2.76. The molecule has 1 N–H and O–H groups in total. The number of piperidine rings is 1. The summed E-state index contributed by atoms with van der Waals surface area (Å²) >= 11 is 0. The average Bonchev–Trinajstić information content (AvgIpc) is 2.39. The van der Waals surface area contributed by atoms with Crippen molar-refractivity contribution in [3.63, 3.8) is 0 Å². The minimum absolute atomic E-state index is 0.129. The summed E-state index contributed by atoms with van der Waals surface area (Å²) in [5.41, 5.74) is 0. The molecule has 0 aromatic carbocycles. The van der Waals surface area contributed by atoms with E-state index in [9.17, 15) is 4.79 Å². The highest BCUT2D eigenvalue weighted by molar-refractivity contribution is 5.78. The van der Waals surface area contributed by atoms with Crippen molar-refractivity contribution in [3.8, 4) is 0 Å². The molecule has 0 saturated carbocycles. The number of aliphatic hydroxyl groups is 1. The molecule has 1 heterocycles. The number of rotatable bonds is 7. The molecule has 0 aromatic heterocycles. The van der Waals surface area contributed by atoms with Gasteiger partial charge < -0.3 is 10.0 Å². The van der Waals surface area contributed by atoms with Gasteiger partial charge in [-0.1, -0.05) is 13.8 Å². The Kier molecular flexibility index (Phi) is 7.28. The standard InChI is InChI=1S/C14H28N2O2/c1-3-8-15(10-11-17)12-14(18)16-9-6-5-7-13(16)4-2/h13,17H,3-12H2,1-2H3. The molecule has 0 spiro atoms. The van der Waals surface area contributed by atoms with Gasteiger partial charge in [-0.3, -0.25) is 9.69 Å². The Morgan fingerprint density at radius 1 is 1.33 bits per heavy atom. The molecule has 106 valence electrons. The number of carbonyl (C=O) groups is 1. The van der Waals surface area contributed by atoms with E-state index >= 15 is 0 Å². The normalized spacial score (nSPS) is 20.4. The third kappa shape index (κ3) is 4.58. The number of likely N-dealkylation sites (tertiary alicyclic amines) is 1. The van der Waals surface area contributed by atoms with Crippen LogP contribution in [0.2, 0.25) is 0 Å². The van der Waals surface area contributed by atoms with E-state index in [0.717, 1.165) is 38.8 Å². The Morgan fingerprint density at radius 3 is 2.72 bits per heavy atom. The van der Waals surface area contributed by atoms with E-state index in [1.165, 1.54) is 6.42 Å². The summed E-state index contributed by atoms with van der Waals surface area (Å²) in [4.78, 5) is 16.4. The van der Waals surface area contributed by atoms with Crippen LogP contribution in [0, 0.1) is 0 Å². The minimum atomic E-state index is 0.129. The van der Waals surface area contributed by atoms with Crippen LogP contribution < -0.4 is 0 Å². The molecule has 1 aliphatic heterocycles. The van der Waals surface area contributed by atoms with Crippen molar-refractivity contribution in [1.29, 1.82) is 0 Å². The van der Waals surface area contributed by atoms with Crippen molar-refractivity contribution in [3.05, 3.63) is 0 Å². The van der Waals surface area contributed by atoms with Crippen LogP contribution in [0.25, 0.3) is 0 Å². The summed E-state index contributed by atoms with van der Waals surface area (Å²) < 4.78 is 0. The molecule has 4 nitrogen and oxygen atoms in total. The first kappa shape index (κ1) is 15.4. The van der Waals surface area contributed by atoms with Crippen LogP contribution in [0.3, 0.4) is 0 Å². The third-order valence-electron chi connectivity index (χ3n) is 3.73. The molecular formula is C14H28N2O2. The van der Waals surface area contributed by atoms with E-state index in [2.05, 4.69) is 23.6 Å². The van der Waals surface area contributed by atoms with Crippen molar-refractivity contribution in [1.82, 2.24) is 9.80 Å².